The first-order valence-electron chi connectivity index (χ1n) is 5.76. The Bertz CT molecular complexity index is 414. The molecule has 0 radical (unpaired) electrons. The molecule has 0 amide bonds. The highest BCUT2D eigenvalue weighted by molar-refractivity contribution is 9.10. The number of halogens is 4. The third kappa shape index (κ3) is 2.65. The quantitative estimate of drug-likeness (QED) is 0.538. The second kappa shape index (κ2) is 5.23. The Hall–Kier alpha value is -0.150. The Balaban J connectivity index is 2.32. The van der Waals surface area contributed by atoms with E-state index < -0.39 is 11.6 Å². The summed E-state index contributed by atoms with van der Waals surface area (Å²) in [4.78, 5) is 0. The molecule has 1 aromatic rings. The highest BCUT2D eigenvalue weighted by Gasteiger charge is 2.35. The Kier molecular flexibility index (Phi) is 4.09. The van der Waals surface area contributed by atoms with Crippen LogP contribution in [0.15, 0.2) is 16.6 Å². The first-order valence-corrected chi connectivity index (χ1v) is 7.09. The smallest absolute Gasteiger partial charge is 0.143 e. The largest absolute Gasteiger partial charge is 0.207 e. The molecule has 0 unspecified atom stereocenters. The number of rotatable bonds is 3. The van der Waals surface area contributed by atoms with Gasteiger partial charge in [-0.2, -0.15) is 0 Å². The summed E-state index contributed by atoms with van der Waals surface area (Å²) in [5, 5.41) is 0. The molecule has 1 aliphatic carbocycles. The van der Waals surface area contributed by atoms with E-state index in [2.05, 4.69) is 15.9 Å². The number of hydrogen-bond acceptors (Lipinski definition) is 0. The van der Waals surface area contributed by atoms with E-state index in [4.69, 9.17) is 11.6 Å². The van der Waals surface area contributed by atoms with Crippen molar-refractivity contribution in [1.29, 1.82) is 0 Å². The Morgan fingerprint density at radius 2 is 1.88 bits per heavy atom. The standard InChI is InChI=1S/C13H14BrClF2/c14-10-3-4-11(16)9(12(10)17)7-13(8-15)5-1-2-6-13/h3-4H,1-2,5-8H2. The minimum absolute atomic E-state index is 0.121. The van der Waals surface area contributed by atoms with Crippen molar-refractivity contribution in [2.45, 2.75) is 32.1 Å². The molecule has 0 spiro atoms. The lowest BCUT2D eigenvalue weighted by atomic mass is 9.81. The molecule has 1 aromatic carbocycles. The maximum absolute atomic E-state index is 13.9. The van der Waals surface area contributed by atoms with Gasteiger partial charge in [-0.3, -0.25) is 0 Å². The first-order chi connectivity index (χ1) is 8.08. The van der Waals surface area contributed by atoms with Gasteiger partial charge in [-0.15, -0.1) is 11.6 Å². The molecule has 0 nitrogen and oxygen atoms in total. The van der Waals surface area contributed by atoms with Gasteiger partial charge in [0, 0.05) is 11.4 Å². The second-order valence-electron chi connectivity index (χ2n) is 4.84. The zero-order valence-electron chi connectivity index (χ0n) is 9.41. The first kappa shape index (κ1) is 13.3. The van der Waals surface area contributed by atoms with E-state index >= 15 is 0 Å². The van der Waals surface area contributed by atoms with Crippen LogP contribution in [0.2, 0.25) is 0 Å². The minimum Gasteiger partial charge on any atom is -0.207 e. The van der Waals surface area contributed by atoms with E-state index in [-0.39, 0.29) is 11.0 Å². The van der Waals surface area contributed by atoms with Crippen molar-refractivity contribution in [2.75, 3.05) is 5.88 Å². The maximum atomic E-state index is 13.9. The van der Waals surface area contributed by atoms with Gasteiger partial charge < -0.3 is 0 Å². The van der Waals surface area contributed by atoms with E-state index in [1.165, 1.54) is 12.1 Å². The minimum atomic E-state index is -0.485. The highest BCUT2D eigenvalue weighted by atomic mass is 79.9. The monoisotopic (exact) mass is 322 g/mol. The van der Waals surface area contributed by atoms with Crippen LogP contribution in [0.1, 0.15) is 31.2 Å². The molecular weight excluding hydrogens is 309 g/mol. The van der Waals surface area contributed by atoms with Crippen molar-refractivity contribution >= 4 is 27.5 Å². The molecule has 4 heteroatoms. The normalized spacial score (nSPS) is 18.6. The molecule has 1 saturated carbocycles. The van der Waals surface area contributed by atoms with Crippen LogP contribution < -0.4 is 0 Å². The topological polar surface area (TPSA) is 0 Å². The lowest BCUT2D eigenvalue weighted by Crippen LogP contribution is -2.23. The van der Waals surface area contributed by atoms with Gasteiger partial charge in [0.15, 0.2) is 0 Å². The zero-order valence-corrected chi connectivity index (χ0v) is 11.8. The predicted octanol–water partition coefficient (Wildman–Crippen LogP) is 5.07. The maximum Gasteiger partial charge on any atom is 0.143 e. The van der Waals surface area contributed by atoms with E-state index in [0.29, 0.717) is 16.8 Å². The fourth-order valence-corrected chi connectivity index (χ4v) is 3.32. The summed E-state index contributed by atoms with van der Waals surface area (Å²) < 4.78 is 27.9. The third-order valence-corrected chi connectivity index (χ3v) is 4.82. The lowest BCUT2D eigenvalue weighted by Gasteiger charge is -2.26. The molecule has 2 rings (SSSR count). The van der Waals surface area contributed by atoms with Crippen molar-refractivity contribution in [3.63, 3.8) is 0 Å². The fraction of sp³-hybridized carbons (Fsp3) is 0.538. The lowest BCUT2D eigenvalue weighted by molar-refractivity contribution is 0.329. The average molecular weight is 324 g/mol. The van der Waals surface area contributed by atoms with Gasteiger partial charge in [0.25, 0.3) is 0 Å². The molecule has 0 atom stereocenters. The van der Waals surface area contributed by atoms with Gasteiger partial charge >= 0.3 is 0 Å². The van der Waals surface area contributed by atoms with Gasteiger partial charge in [-0.25, -0.2) is 8.78 Å². The summed E-state index contributed by atoms with van der Waals surface area (Å²) in [5.41, 5.74) is 0.0474. The second-order valence-corrected chi connectivity index (χ2v) is 5.96. The van der Waals surface area contributed by atoms with Crippen molar-refractivity contribution in [3.8, 4) is 0 Å². The molecule has 0 saturated heterocycles. The molecule has 0 bridgehead atoms. The molecular formula is C13H14BrClF2. The van der Waals surface area contributed by atoms with Crippen LogP contribution in [0.4, 0.5) is 8.78 Å². The van der Waals surface area contributed by atoms with E-state index in [1.54, 1.807) is 0 Å². The van der Waals surface area contributed by atoms with E-state index in [1.807, 2.05) is 0 Å². The molecule has 1 fully saturated rings. The van der Waals surface area contributed by atoms with Crippen molar-refractivity contribution < 1.29 is 8.78 Å². The number of benzene rings is 1. The van der Waals surface area contributed by atoms with Gasteiger partial charge in [-0.1, -0.05) is 12.8 Å². The fourth-order valence-electron chi connectivity index (χ4n) is 2.59. The number of alkyl halides is 1. The average Bonchev–Trinajstić information content (AvgIpc) is 2.79. The van der Waals surface area contributed by atoms with Gasteiger partial charge in [0.2, 0.25) is 0 Å². The molecule has 94 valence electrons. The van der Waals surface area contributed by atoms with Gasteiger partial charge in [-0.05, 0) is 52.7 Å². The summed E-state index contributed by atoms with van der Waals surface area (Å²) in [7, 11) is 0. The van der Waals surface area contributed by atoms with Crippen LogP contribution >= 0.6 is 27.5 Å². The van der Waals surface area contributed by atoms with E-state index in [9.17, 15) is 8.78 Å². The van der Waals surface area contributed by atoms with Crippen LogP contribution in [-0.2, 0) is 6.42 Å². The SMILES string of the molecule is Fc1ccc(Br)c(F)c1CC1(CCl)CCCC1. The van der Waals surface area contributed by atoms with Crippen LogP contribution in [-0.4, -0.2) is 5.88 Å². The number of hydrogen-bond donors (Lipinski definition) is 0. The van der Waals surface area contributed by atoms with Crippen LogP contribution in [0.3, 0.4) is 0 Å². The zero-order chi connectivity index (χ0) is 12.5. The van der Waals surface area contributed by atoms with Crippen LogP contribution in [0, 0.1) is 17.0 Å². The molecule has 0 aromatic heterocycles. The molecule has 1 aliphatic rings. The van der Waals surface area contributed by atoms with Gasteiger partial charge in [0.05, 0.1) is 4.47 Å². The molecule has 0 heterocycles. The van der Waals surface area contributed by atoms with E-state index in [0.717, 1.165) is 25.7 Å². The summed E-state index contributed by atoms with van der Waals surface area (Å²) in [6.45, 7) is 0. The van der Waals surface area contributed by atoms with Crippen molar-refractivity contribution in [1.82, 2.24) is 0 Å². The summed E-state index contributed by atoms with van der Waals surface area (Å²) in [6.07, 6.45) is 4.52. The van der Waals surface area contributed by atoms with Crippen LogP contribution in [0.25, 0.3) is 0 Å². The summed E-state index contributed by atoms with van der Waals surface area (Å²) in [5.74, 6) is -0.484. The summed E-state index contributed by atoms with van der Waals surface area (Å²) >= 11 is 9.10. The predicted molar refractivity (Wildman–Crippen MR) is 69.4 cm³/mol. The Morgan fingerprint density at radius 1 is 1.24 bits per heavy atom. The third-order valence-electron chi connectivity index (χ3n) is 3.64. The van der Waals surface area contributed by atoms with Crippen molar-refractivity contribution in [2.24, 2.45) is 5.41 Å². The molecule has 0 N–H and O–H groups in total. The molecule has 17 heavy (non-hydrogen) atoms. The molecule has 0 aliphatic heterocycles. The van der Waals surface area contributed by atoms with Crippen molar-refractivity contribution in [3.05, 3.63) is 33.8 Å². The van der Waals surface area contributed by atoms with Gasteiger partial charge in [0.1, 0.15) is 11.6 Å². The Morgan fingerprint density at radius 3 is 2.47 bits per heavy atom. The highest BCUT2D eigenvalue weighted by Crippen LogP contribution is 2.43. The summed E-state index contributed by atoms with van der Waals surface area (Å²) in [6, 6.07) is 2.70. The Labute approximate surface area is 113 Å². The van der Waals surface area contributed by atoms with Crippen LogP contribution in [0.5, 0.6) is 0 Å².